The van der Waals surface area contributed by atoms with Gasteiger partial charge in [-0.3, -0.25) is 9.67 Å². The van der Waals surface area contributed by atoms with Gasteiger partial charge in [0.25, 0.3) is 0 Å². The van der Waals surface area contributed by atoms with E-state index in [1.807, 2.05) is 29.1 Å². The molecular weight excluding hydrogens is 238 g/mol. The predicted molar refractivity (Wildman–Crippen MR) is 74.6 cm³/mol. The highest BCUT2D eigenvalue weighted by Gasteiger charge is 2.10. The number of nitrogens with zero attached hydrogens (tertiary/aromatic N) is 4. The fourth-order valence-corrected chi connectivity index (χ4v) is 2.06. The molecule has 2 aromatic heterocycles. The third kappa shape index (κ3) is 4.13. The highest BCUT2D eigenvalue weighted by Crippen LogP contribution is 2.06. The van der Waals surface area contributed by atoms with E-state index < -0.39 is 0 Å². The van der Waals surface area contributed by atoms with E-state index in [1.165, 1.54) is 0 Å². The molecule has 0 aliphatic carbocycles. The Kier molecular flexibility index (Phi) is 5.03. The van der Waals surface area contributed by atoms with Crippen molar-refractivity contribution in [1.29, 1.82) is 0 Å². The van der Waals surface area contributed by atoms with Crippen molar-refractivity contribution in [2.75, 3.05) is 0 Å². The third-order valence-corrected chi connectivity index (χ3v) is 3.07. The zero-order chi connectivity index (χ0) is 13.5. The largest absolute Gasteiger partial charge is 0.327 e. The summed E-state index contributed by atoms with van der Waals surface area (Å²) in [7, 11) is 0. The Hall–Kier alpha value is -1.75. The first-order valence-corrected chi connectivity index (χ1v) is 6.81. The van der Waals surface area contributed by atoms with Gasteiger partial charge in [0.15, 0.2) is 0 Å². The quantitative estimate of drug-likeness (QED) is 0.819. The SMILES string of the molecule is CCCn1ncnc1CC(N)CCc1ccccn1. The fraction of sp³-hybridized carbons (Fsp3) is 0.500. The average molecular weight is 259 g/mol. The first-order chi connectivity index (χ1) is 9.29. The summed E-state index contributed by atoms with van der Waals surface area (Å²) in [4.78, 5) is 8.59. The summed E-state index contributed by atoms with van der Waals surface area (Å²) in [6.07, 6.45) is 7.07. The van der Waals surface area contributed by atoms with Crippen LogP contribution in [0.4, 0.5) is 0 Å². The highest BCUT2D eigenvalue weighted by atomic mass is 15.3. The van der Waals surface area contributed by atoms with Crippen LogP contribution >= 0.6 is 0 Å². The minimum atomic E-state index is 0.0989. The molecule has 0 fully saturated rings. The summed E-state index contributed by atoms with van der Waals surface area (Å²) in [6.45, 7) is 3.04. The maximum atomic E-state index is 6.17. The number of rotatable bonds is 7. The molecular formula is C14H21N5. The number of nitrogens with two attached hydrogens (primary N) is 1. The number of pyridine rings is 1. The minimum Gasteiger partial charge on any atom is -0.327 e. The monoisotopic (exact) mass is 259 g/mol. The van der Waals surface area contributed by atoms with Crippen molar-refractivity contribution in [2.45, 2.75) is 45.2 Å². The van der Waals surface area contributed by atoms with Gasteiger partial charge in [-0.15, -0.1) is 0 Å². The zero-order valence-corrected chi connectivity index (χ0v) is 11.4. The normalized spacial score (nSPS) is 12.5. The average Bonchev–Trinajstić information content (AvgIpc) is 2.85. The van der Waals surface area contributed by atoms with Crippen molar-refractivity contribution in [3.05, 3.63) is 42.2 Å². The summed E-state index contributed by atoms with van der Waals surface area (Å²) in [5, 5.41) is 4.21. The van der Waals surface area contributed by atoms with Crippen LogP contribution in [-0.2, 0) is 19.4 Å². The van der Waals surface area contributed by atoms with E-state index in [0.717, 1.165) is 43.7 Å². The molecule has 0 radical (unpaired) electrons. The molecule has 0 saturated heterocycles. The van der Waals surface area contributed by atoms with Gasteiger partial charge in [-0.25, -0.2) is 4.98 Å². The lowest BCUT2D eigenvalue weighted by Gasteiger charge is -2.11. The Morgan fingerprint density at radius 3 is 2.95 bits per heavy atom. The smallest absolute Gasteiger partial charge is 0.138 e. The Balaban J connectivity index is 1.84. The molecule has 0 spiro atoms. The Morgan fingerprint density at radius 1 is 1.32 bits per heavy atom. The van der Waals surface area contributed by atoms with Crippen molar-refractivity contribution in [3.8, 4) is 0 Å². The minimum absolute atomic E-state index is 0.0989. The summed E-state index contributed by atoms with van der Waals surface area (Å²) >= 11 is 0. The molecule has 2 aromatic rings. The molecule has 0 aliphatic heterocycles. The van der Waals surface area contributed by atoms with Gasteiger partial charge in [0, 0.05) is 30.9 Å². The van der Waals surface area contributed by atoms with Crippen molar-refractivity contribution in [2.24, 2.45) is 5.73 Å². The molecule has 5 heteroatoms. The fourth-order valence-electron chi connectivity index (χ4n) is 2.06. The van der Waals surface area contributed by atoms with Crippen LogP contribution in [0.5, 0.6) is 0 Å². The van der Waals surface area contributed by atoms with E-state index in [4.69, 9.17) is 5.73 Å². The summed E-state index contributed by atoms with van der Waals surface area (Å²) < 4.78 is 1.95. The van der Waals surface area contributed by atoms with Crippen LogP contribution in [0.3, 0.4) is 0 Å². The van der Waals surface area contributed by atoms with E-state index in [-0.39, 0.29) is 6.04 Å². The van der Waals surface area contributed by atoms with E-state index >= 15 is 0 Å². The van der Waals surface area contributed by atoms with Gasteiger partial charge in [-0.2, -0.15) is 5.10 Å². The molecule has 1 unspecified atom stereocenters. The van der Waals surface area contributed by atoms with Crippen LogP contribution in [0.25, 0.3) is 0 Å². The van der Waals surface area contributed by atoms with E-state index in [9.17, 15) is 0 Å². The van der Waals surface area contributed by atoms with Crippen LogP contribution in [-0.4, -0.2) is 25.8 Å². The van der Waals surface area contributed by atoms with Gasteiger partial charge in [0.05, 0.1) is 0 Å². The van der Waals surface area contributed by atoms with Crippen molar-refractivity contribution < 1.29 is 0 Å². The molecule has 5 nitrogen and oxygen atoms in total. The van der Waals surface area contributed by atoms with Crippen molar-refractivity contribution in [3.63, 3.8) is 0 Å². The summed E-state index contributed by atoms with van der Waals surface area (Å²) in [6, 6.07) is 6.07. The molecule has 2 heterocycles. The first kappa shape index (κ1) is 13.7. The van der Waals surface area contributed by atoms with Gasteiger partial charge in [-0.1, -0.05) is 13.0 Å². The Bertz CT molecular complexity index is 480. The lowest BCUT2D eigenvalue weighted by Crippen LogP contribution is -2.25. The highest BCUT2D eigenvalue weighted by molar-refractivity contribution is 5.04. The van der Waals surface area contributed by atoms with Crippen molar-refractivity contribution in [1.82, 2.24) is 19.7 Å². The van der Waals surface area contributed by atoms with Crippen LogP contribution in [0, 0.1) is 0 Å². The summed E-state index contributed by atoms with van der Waals surface area (Å²) in [5.74, 6) is 0.982. The van der Waals surface area contributed by atoms with Crippen LogP contribution in [0.15, 0.2) is 30.7 Å². The molecule has 0 bridgehead atoms. The van der Waals surface area contributed by atoms with E-state index in [1.54, 1.807) is 6.33 Å². The lowest BCUT2D eigenvalue weighted by molar-refractivity contribution is 0.526. The van der Waals surface area contributed by atoms with Gasteiger partial charge in [0.1, 0.15) is 12.2 Å². The Labute approximate surface area is 113 Å². The van der Waals surface area contributed by atoms with Gasteiger partial charge < -0.3 is 5.73 Å². The van der Waals surface area contributed by atoms with Gasteiger partial charge >= 0.3 is 0 Å². The molecule has 2 rings (SSSR count). The molecule has 0 saturated carbocycles. The lowest BCUT2D eigenvalue weighted by atomic mass is 10.1. The number of hydrogen-bond donors (Lipinski definition) is 1. The first-order valence-electron chi connectivity index (χ1n) is 6.81. The molecule has 0 amide bonds. The second-order valence-electron chi connectivity index (χ2n) is 4.72. The van der Waals surface area contributed by atoms with E-state index in [0.29, 0.717) is 0 Å². The van der Waals surface area contributed by atoms with Crippen LogP contribution < -0.4 is 5.73 Å². The molecule has 19 heavy (non-hydrogen) atoms. The maximum Gasteiger partial charge on any atom is 0.138 e. The van der Waals surface area contributed by atoms with Crippen molar-refractivity contribution >= 4 is 0 Å². The number of aromatic nitrogens is 4. The van der Waals surface area contributed by atoms with Crippen LogP contribution in [0.1, 0.15) is 31.3 Å². The topological polar surface area (TPSA) is 69.6 Å². The van der Waals surface area contributed by atoms with Crippen LogP contribution in [0.2, 0.25) is 0 Å². The van der Waals surface area contributed by atoms with Gasteiger partial charge in [0.2, 0.25) is 0 Å². The molecule has 1 atom stereocenters. The zero-order valence-electron chi connectivity index (χ0n) is 11.4. The van der Waals surface area contributed by atoms with E-state index in [2.05, 4.69) is 22.0 Å². The second-order valence-corrected chi connectivity index (χ2v) is 4.72. The standard InChI is InChI=1S/C14H21N5/c1-2-9-19-14(17-11-18-19)10-12(15)6-7-13-5-3-4-8-16-13/h3-5,8,11-12H,2,6-7,9-10,15H2,1H3. The molecule has 0 aliphatic rings. The molecule has 102 valence electrons. The maximum absolute atomic E-state index is 6.17. The molecule has 0 aromatic carbocycles. The number of hydrogen-bond acceptors (Lipinski definition) is 4. The third-order valence-electron chi connectivity index (χ3n) is 3.07. The predicted octanol–water partition coefficient (Wildman–Crippen LogP) is 1.59. The summed E-state index contributed by atoms with van der Waals surface area (Å²) in [5.41, 5.74) is 7.26. The Morgan fingerprint density at radius 2 is 2.21 bits per heavy atom. The molecule has 2 N–H and O–H groups in total. The second kappa shape index (κ2) is 6.99. The number of aryl methyl sites for hydroxylation is 2. The van der Waals surface area contributed by atoms with Gasteiger partial charge in [-0.05, 0) is 31.4 Å².